The second-order valence-corrected chi connectivity index (χ2v) is 5.95. The minimum absolute atomic E-state index is 0.414. The molecular formula is C15H24N2O. The molecule has 0 radical (unpaired) electrons. The van der Waals surface area contributed by atoms with Gasteiger partial charge in [0.25, 0.3) is 0 Å². The molecule has 3 rings (SSSR count). The molecule has 1 aromatic heterocycles. The van der Waals surface area contributed by atoms with Crippen LogP contribution in [0.4, 0.5) is 0 Å². The van der Waals surface area contributed by atoms with Crippen molar-refractivity contribution in [2.24, 2.45) is 11.7 Å². The van der Waals surface area contributed by atoms with Crippen molar-refractivity contribution in [3.05, 3.63) is 24.2 Å². The van der Waals surface area contributed by atoms with E-state index in [1.54, 1.807) is 6.26 Å². The maximum absolute atomic E-state index is 6.27. The van der Waals surface area contributed by atoms with Crippen LogP contribution in [0.15, 0.2) is 22.8 Å². The number of hydrogen-bond donors (Lipinski definition) is 1. The summed E-state index contributed by atoms with van der Waals surface area (Å²) in [5.74, 6) is 1.78. The zero-order valence-electron chi connectivity index (χ0n) is 11.1. The number of nitrogens with zero attached hydrogens (tertiary/aromatic N) is 1. The average molecular weight is 248 g/mol. The molecular weight excluding hydrogens is 224 g/mol. The molecule has 0 aromatic carbocycles. The lowest BCUT2D eigenvalue weighted by atomic mass is 9.84. The van der Waals surface area contributed by atoms with E-state index in [4.69, 9.17) is 10.2 Å². The van der Waals surface area contributed by atoms with Crippen LogP contribution in [0.3, 0.4) is 0 Å². The maximum Gasteiger partial charge on any atom is 0.117 e. The first-order valence-electron chi connectivity index (χ1n) is 7.35. The zero-order chi connectivity index (χ0) is 12.4. The largest absolute Gasteiger partial charge is 0.468 e. The van der Waals surface area contributed by atoms with Gasteiger partial charge in [-0.2, -0.15) is 0 Å². The summed E-state index contributed by atoms with van der Waals surface area (Å²) in [4.78, 5) is 2.59. The van der Waals surface area contributed by atoms with Gasteiger partial charge in [-0.05, 0) is 43.7 Å². The Morgan fingerprint density at radius 2 is 2.06 bits per heavy atom. The van der Waals surface area contributed by atoms with Crippen LogP contribution in [-0.2, 0) is 6.54 Å². The van der Waals surface area contributed by atoms with Gasteiger partial charge in [-0.15, -0.1) is 0 Å². The Balaban J connectivity index is 1.59. The molecule has 1 heterocycles. The monoisotopic (exact) mass is 248 g/mol. The molecule has 2 saturated carbocycles. The fourth-order valence-corrected chi connectivity index (χ4v) is 3.15. The summed E-state index contributed by atoms with van der Waals surface area (Å²) in [6, 6.07) is 5.25. The van der Waals surface area contributed by atoms with Gasteiger partial charge in [0, 0.05) is 18.6 Å². The zero-order valence-corrected chi connectivity index (χ0v) is 11.1. The fourth-order valence-electron chi connectivity index (χ4n) is 3.15. The number of hydrogen-bond acceptors (Lipinski definition) is 3. The highest BCUT2D eigenvalue weighted by Gasteiger charge is 2.33. The summed E-state index contributed by atoms with van der Waals surface area (Å²) in [5, 5.41) is 0. The number of furan rings is 1. The van der Waals surface area contributed by atoms with Crippen LogP contribution in [0.5, 0.6) is 0 Å². The van der Waals surface area contributed by atoms with Gasteiger partial charge in [0.05, 0.1) is 12.8 Å². The van der Waals surface area contributed by atoms with Crippen molar-refractivity contribution in [3.8, 4) is 0 Å². The summed E-state index contributed by atoms with van der Waals surface area (Å²) in [6.45, 7) is 2.12. The first-order chi connectivity index (χ1) is 8.83. The van der Waals surface area contributed by atoms with E-state index in [2.05, 4.69) is 11.0 Å². The summed E-state index contributed by atoms with van der Waals surface area (Å²) < 4.78 is 5.49. The molecule has 3 nitrogen and oxygen atoms in total. The minimum Gasteiger partial charge on any atom is -0.468 e. The second-order valence-electron chi connectivity index (χ2n) is 5.95. The van der Waals surface area contributed by atoms with E-state index in [0.717, 1.165) is 24.9 Å². The van der Waals surface area contributed by atoms with E-state index in [1.807, 2.05) is 6.07 Å². The molecule has 0 amide bonds. The third-order valence-corrected chi connectivity index (χ3v) is 4.44. The van der Waals surface area contributed by atoms with Crippen LogP contribution in [0.1, 0.15) is 44.3 Å². The maximum atomic E-state index is 6.27. The molecule has 0 bridgehead atoms. The van der Waals surface area contributed by atoms with Gasteiger partial charge in [-0.25, -0.2) is 0 Å². The first-order valence-corrected chi connectivity index (χ1v) is 7.35. The summed E-state index contributed by atoms with van der Waals surface area (Å²) >= 11 is 0. The normalized spacial score (nSPS) is 28.8. The van der Waals surface area contributed by atoms with Crippen molar-refractivity contribution >= 4 is 0 Å². The SMILES string of the molecule is NC1CCCCC1CN(Cc1ccco1)C1CC1. The molecule has 0 spiro atoms. The van der Waals surface area contributed by atoms with Gasteiger partial charge >= 0.3 is 0 Å². The molecule has 18 heavy (non-hydrogen) atoms. The van der Waals surface area contributed by atoms with Crippen molar-refractivity contribution in [3.63, 3.8) is 0 Å². The third kappa shape index (κ3) is 2.96. The van der Waals surface area contributed by atoms with Gasteiger partial charge in [0.1, 0.15) is 5.76 Å². The Morgan fingerprint density at radius 1 is 1.22 bits per heavy atom. The molecule has 2 aliphatic rings. The van der Waals surface area contributed by atoms with Crippen molar-refractivity contribution in [1.29, 1.82) is 0 Å². The number of nitrogens with two attached hydrogens (primary N) is 1. The second kappa shape index (κ2) is 5.45. The minimum atomic E-state index is 0.414. The Bertz CT molecular complexity index is 359. The first kappa shape index (κ1) is 12.2. The molecule has 100 valence electrons. The molecule has 0 saturated heterocycles. The van der Waals surface area contributed by atoms with Gasteiger partial charge in [0.2, 0.25) is 0 Å². The Hall–Kier alpha value is -0.800. The van der Waals surface area contributed by atoms with E-state index < -0.39 is 0 Å². The molecule has 2 fully saturated rings. The Labute approximate surface area is 109 Å². The molecule has 3 heteroatoms. The lowest BCUT2D eigenvalue weighted by molar-refractivity contribution is 0.161. The van der Waals surface area contributed by atoms with Gasteiger partial charge in [0.15, 0.2) is 0 Å². The van der Waals surface area contributed by atoms with Crippen LogP contribution in [0.25, 0.3) is 0 Å². The van der Waals surface area contributed by atoms with Gasteiger partial charge < -0.3 is 10.2 Å². The Kier molecular flexibility index (Phi) is 3.71. The summed E-state index contributed by atoms with van der Waals surface area (Å²) in [6.07, 6.45) is 9.67. The smallest absolute Gasteiger partial charge is 0.117 e. The van der Waals surface area contributed by atoms with E-state index in [0.29, 0.717) is 12.0 Å². The molecule has 2 unspecified atom stereocenters. The summed E-state index contributed by atoms with van der Waals surface area (Å²) in [5.41, 5.74) is 6.27. The third-order valence-electron chi connectivity index (χ3n) is 4.44. The van der Waals surface area contributed by atoms with E-state index >= 15 is 0 Å². The van der Waals surface area contributed by atoms with E-state index in [9.17, 15) is 0 Å². The highest BCUT2D eigenvalue weighted by atomic mass is 16.3. The fraction of sp³-hybridized carbons (Fsp3) is 0.733. The lowest BCUT2D eigenvalue weighted by Gasteiger charge is -2.33. The molecule has 2 atom stereocenters. The number of rotatable bonds is 5. The quantitative estimate of drug-likeness (QED) is 0.871. The van der Waals surface area contributed by atoms with Gasteiger partial charge in [-0.1, -0.05) is 12.8 Å². The predicted octanol–water partition coefficient (Wildman–Crippen LogP) is 2.76. The van der Waals surface area contributed by atoms with E-state index in [1.165, 1.54) is 38.5 Å². The van der Waals surface area contributed by atoms with Crippen LogP contribution < -0.4 is 5.73 Å². The van der Waals surface area contributed by atoms with Crippen molar-refractivity contribution < 1.29 is 4.42 Å². The molecule has 0 aliphatic heterocycles. The predicted molar refractivity (Wildman–Crippen MR) is 72.1 cm³/mol. The highest BCUT2D eigenvalue weighted by molar-refractivity contribution is 5.00. The molecule has 1 aromatic rings. The van der Waals surface area contributed by atoms with Crippen LogP contribution in [-0.4, -0.2) is 23.5 Å². The molecule has 2 aliphatic carbocycles. The lowest BCUT2D eigenvalue weighted by Crippen LogP contribution is -2.41. The Morgan fingerprint density at radius 3 is 2.72 bits per heavy atom. The van der Waals surface area contributed by atoms with Crippen LogP contribution in [0.2, 0.25) is 0 Å². The standard InChI is InChI=1S/C15H24N2O/c16-15-6-2-1-4-12(15)10-17(13-7-8-13)11-14-5-3-9-18-14/h3,5,9,12-13,15H,1-2,4,6-8,10-11,16H2. The van der Waals surface area contributed by atoms with Crippen LogP contribution in [0, 0.1) is 5.92 Å². The van der Waals surface area contributed by atoms with E-state index in [-0.39, 0.29) is 0 Å². The van der Waals surface area contributed by atoms with Crippen molar-refractivity contribution in [2.45, 2.75) is 57.2 Å². The van der Waals surface area contributed by atoms with Crippen molar-refractivity contribution in [2.75, 3.05) is 6.54 Å². The average Bonchev–Trinajstić information content (AvgIpc) is 3.10. The van der Waals surface area contributed by atoms with Crippen LogP contribution >= 0.6 is 0 Å². The topological polar surface area (TPSA) is 42.4 Å². The molecule has 2 N–H and O–H groups in total. The summed E-state index contributed by atoms with van der Waals surface area (Å²) in [7, 11) is 0. The van der Waals surface area contributed by atoms with Gasteiger partial charge in [-0.3, -0.25) is 4.90 Å². The van der Waals surface area contributed by atoms with Crippen molar-refractivity contribution in [1.82, 2.24) is 4.90 Å². The highest BCUT2D eigenvalue weighted by Crippen LogP contribution is 2.32.